The molecule has 0 radical (unpaired) electrons. The van der Waals surface area contributed by atoms with Crippen LogP contribution in [0.2, 0.25) is 0 Å². The van der Waals surface area contributed by atoms with E-state index in [4.69, 9.17) is 5.73 Å². The number of nitrogens with one attached hydrogen (secondary N) is 1. The molecule has 0 atom stereocenters. The molecule has 1 heterocycles. The van der Waals surface area contributed by atoms with E-state index in [0.717, 1.165) is 18.8 Å². The number of hydrogen-bond donors (Lipinski definition) is 2. The van der Waals surface area contributed by atoms with Gasteiger partial charge < -0.3 is 11.1 Å². The Morgan fingerprint density at radius 3 is 2.94 bits per heavy atom. The van der Waals surface area contributed by atoms with Crippen molar-refractivity contribution in [2.45, 2.75) is 39.3 Å². The second-order valence-electron chi connectivity index (χ2n) is 4.51. The molecule has 1 saturated carbocycles. The molecule has 88 valence electrons. The number of aryl methyl sites for hydroxylation is 1. The molecule has 0 aliphatic heterocycles. The van der Waals surface area contributed by atoms with Crippen molar-refractivity contribution in [1.29, 1.82) is 0 Å². The number of amides is 1. The number of rotatable bonds is 3. The second-order valence-corrected chi connectivity index (χ2v) is 4.51. The SMILES string of the molecule is CCn1ncc(N)c1C(=O)NC1CC(C)C1. The topological polar surface area (TPSA) is 72.9 Å². The first-order valence-electron chi connectivity index (χ1n) is 5.74. The summed E-state index contributed by atoms with van der Waals surface area (Å²) in [6, 6.07) is 0.308. The smallest absolute Gasteiger partial charge is 0.271 e. The van der Waals surface area contributed by atoms with E-state index in [2.05, 4.69) is 17.3 Å². The largest absolute Gasteiger partial charge is 0.396 e. The lowest BCUT2D eigenvalue weighted by atomic mass is 9.82. The van der Waals surface area contributed by atoms with Crippen LogP contribution in [0.4, 0.5) is 5.69 Å². The third-order valence-electron chi connectivity index (χ3n) is 3.09. The second kappa shape index (κ2) is 4.15. The summed E-state index contributed by atoms with van der Waals surface area (Å²) < 4.78 is 1.63. The van der Waals surface area contributed by atoms with Crippen LogP contribution in [0.3, 0.4) is 0 Å². The van der Waals surface area contributed by atoms with E-state index in [0.29, 0.717) is 24.0 Å². The van der Waals surface area contributed by atoms with Gasteiger partial charge in [0.05, 0.1) is 11.9 Å². The standard InChI is InChI=1S/C11H18N4O/c1-3-15-10(9(12)6-13-15)11(16)14-8-4-7(2)5-8/h6-8H,3-5,12H2,1-2H3,(H,14,16). The molecular weight excluding hydrogens is 204 g/mol. The Bertz CT molecular complexity index is 393. The summed E-state index contributed by atoms with van der Waals surface area (Å²) in [4.78, 5) is 12.0. The highest BCUT2D eigenvalue weighted by Crippen LogP contribution is 2.26. The Morgan fingerprint density at radius 2 is 2.38 bits per heavy atom. The molecular formula is C11H18N4O. The van der Waals surface area contributed by atoms with E-state index in [1.54, 1.807) is 4.68 Å². The van der Waals surface area contributed by atoms with Crippen LogP contribution in [0.1, 0.15) is 37.2 Å². The highest BCUT2D eigenvalue weighted by molar-refractivity contribution is 5.97. The molecule has 5 nitrogen and oxygen atoms in total. The Balaban J connectivity index is 2.05. The predicted octanol–water partition coefficient (Wildman–Crippen LogP) is 1.01. The summed E-state index contributed by atoms with van der Waals surface area (Å²) in [7, 11) is 0. The Morgan fingerprint density at radius 1 is 1.69 bits per heavy atom. The molecule has 1 fully saturated rings. The third-order valence-corrected chi connectivity index (χ3v) is 3.09. The van der Waals surface area contributed by atoms with Gasteiger partial charge in [0.2, 0.25) is 0 Å². The summed E-state index contributed by atoms with van der Waals surface area (Å²) in [5, 5.41) is 7.04. The number of anilines is 1. The van der Waals surface area contributed by atoms with Crippen LogP contribution in [-0.4, -0.2) is 21.7 Å². The minimum Gasteiger partial charge on any atom is -0.396 e. The maximum atomic E-state index is 12.0. The molecule has 1 aromatic heterocycles. The third kappa shape index (κ3) is 1.89. The lowest BCUT2D eigenvalue weighted by Gasteiger charge is -2.33. The molecule has 0 bridgehead atoms. The molecule has 1 aliphatic rings. The van der Waals surface area contributed by atoms with Gasteiger partial charge in [-0.2, -0.15) is 5.10 Å². The van der Waals surface area contributed by atoms with Crippen LogP contribution in [0.15, 0.2) is 6.20 Å². The lowest BCUT2D eigenvalue weighted by molar-refractivity contribution is 0.0886. The maximum Gasteiger partial charge on any atom is 0.271 e. The van der Waals surface area contributed by atoms with Crippen LogP contribution >= 0.6 is 0 Å². The fourth-order valence-corrected chi connectivity index (χ4v) is 2.16. The van der Waals surface area contributed by atoms with Crippen LogP contribution in [0.5, 0.6) is 0 Å². The number of nitrogens with two attached hydrogens (primary N) is 1. The average Bonchev–Trinajstić information content (AvgIpc) is 2.57. The first-order chi connectivity index (χ1) is 7.61. The van der Waals surface area contributed by atoms with Crippen LogP contribution < -0.4 is 11.1 Å². The first-order valence-corrected chi connectivity index (χ1v) is 5.74. The summed E-state index contributed by atoms with van der Waals surface area (Å²) in [6.07, 6.45) is 3.65. The fourth-order valence-electron chi connectivity index (χ4n) is 2.16. The number of carbonyl (C=O) groups excluding carboxylic acids is 1. The van der Waals surface area contributed by atoms with Crippen molar-refractivity contribution in [1.82, 2.24) is 15.1 Å². The zero-order valence-corrected chi connectivity index (χ0v) is 9.73. The van der Waals surface area contributed by atoms with Gasteiger partial charge in [-0.15, -0.1) is 0 Å². The number of carbonyl (C=O) groups is 1. The van der Waals surface area contributed by atoms with Crippen LogP contribution in [0, 0.1) is 5.92 Å². The van der Waals surface area contributed by atoms with Crippen LogP contribution in [0.25, 0.3) is 0 Å². The van der Waals surface area contributed by atoms with Crippen molar-refractivity contribution in [2.24, 2.45) is 5.92 Å². The van der Waals surface area contributed by atoms with Crippen molar-refractivity contribution in [2.75, 3.05) is 5.73 Å². The summed E-state index contributed by atoms with van der Waals surface area (Å²) >= 11 is 0. The molecule has 1 amide bonds. The minimum absolute atomic E-state index is 0.103. The van der Waals surface area contributed by atoms with Gasteiger partial charge in [0.25, 0.3) is 5.91 Å². The van der Waals surface area contributed by atoms with Crippen molar-refractivity contribution in [3.8, 4) is 0 Å². The summed E-state index contributed by atoms with van der Waals surface area (Å²) in [5.41, 5.74) is 6.67. The van der Waals surface area contributed by atoms with Gasteiger partial charge in [-0.05, 0) is 25.7 Å². The van der Waals surface area contributed by atoms with E-state index >= 15 is 0 Å². The molecule has 0 unspecified atom stereocenters. The van der Waals surface area contributed by atoms with Crippen molar-refractivity contribution >= 4 is 11.6 Å². The Labute approximate surface area is 95.0 Å². The molecule has 0 aromatic carbocycles. The zero-order valence-electron chi connectivity index (χ0n) is 9.73. The lowest BCUT2D eigenvalue weighted by Crippen LogP contribution is -2.44. The number of nitrogen functional groups attached to an aromatic ring is 1. The molecule has 1 aliphatic carbocycles. The van der Waals surface area contributed by atoms with Crippen molar-refractivity contribution in [3.05, 3.63) is 11.9 Å². The van der Waals surface area contributed by atoms with E-state index in [-0.39, 0.29) is 5.91 Å². The zero-order chi connectivity index (χ0) is 11.7. The Kier molecular flexibility index (Phi) is 2.85. The van der Waals surface area contributed by atoms with Gasteiger partial charge in [-0.1, -0.05) is 6.92 Å². The van der Waals surface area contributed by atoms with E-state index in [1.165, 1.54) is 6.20 Å². The maximum absolute atomic E-state index is 12.0. The van der Waals surface area contributed by atoms with Crippen LogP contribution in [-0.2, 0) is 6.54 Å². The van der Waals surface area contributed by atoms with Gasteiger partial charge in [-0.25, -0.2) is 0 Å². The highest BCUT2D eigenvalue weighted by Gasteiger charge is 2.28. The van der Waals surface area contributed by atoms with E-state index < -0.39 is 0 Å². The molecule has 16 heavy (non-hydrogen) atoms. The van der Waals surface area contributed by atoms with Gasteiger partial charge in [-0.3, -0.25) is 9.48 Å². The molecule has 5 heteroatoms. The highest BCUT2D eigenvalue weighted by atomic mass is 16.2. The number of hydrogen-bond acceptors (Lipinski definition) is 3. The number of nitrogens with zero attached hydrogens (tertiary/aromatic N) is 2. The summed E-state index contributed by atoms with van der Waals surface area (Å²) in [5.74, 6) is 0.618. The van der Waals surface area contributed by atoms with Gasteiger partial charge >= 0.3 is 0 Å². The quantitative estimate of drug-likeness (QED) is 0.801. The van der Waals surface area contributed by atoms with Gasteiger partial charge in [0.1, 0.15) is 5.69 Å². The first kappa shape index (κ1) is 11.0. The van der Waals surface area contributed by atoms with E-state index in [9.17, 15) is 4.79 Å². The average molecular weight is 222 g/mol. The molecule has 1 aromatic rings. The monoisotopic (exact) mass is 222 g/mol. The minimum atomic E-state index is -0.103. The molecule has 0 saturated heterocycles. The van der Waals surface area contributed by atoms with Crippen molar-refractivity contribution < 1.29 is 4.79 Å². The normalized spacial score (nSPS) is 23.9. The molecule has 2 rings (SSSR count). The van der Waals surface area contributed by atoms with Crippen molar-refractivity contribution in [3.63, 3.8) is 0 Å². The fraction of sp³-hybridized carbons (Fsp3) is 0.636. The molecule has 0 spiro atoms. The molecule has 3 N–H and O–H groups in total. The Hall–Kier alpha value is -1.52. The number of aromatic nitrogens is 2. The van der Waals surface area contributed by atoms with Gasteiger partial charge in [0.15, 0.2) is 0 Å². The predicted molar refractivity (Wildman–Crippen MR) is 62.0 cm³/mol. The van der Waals surface area contributed by atoms with E-state index in [1.807, 2.05) is 6.92 Å². The van der Waals surface area contributed by atoms with Gasteiger partial charge in [0, 0.05) is 12.6 Å². The summed E-state index contributed by atoms with van der Waals surface area (Å²) in [6.45, 7) is 4.78.